The van der Waals surface area contributed by atoms with E-state index in [0.29, 0.717) is 13.2 Å². The van der Waals surface area contributed by atoms with Gasteiger partial charge in [0.05, 0.1) is 13.2 Å². The fraction of sp³-hybridized carbons (Fsp3) is 0.538. The second-order valence-electron chi connectivity index (χ2n) is 4.08. The minimum atomic E-state index is 0.0783. The molecule has 1 aromatic rings. The Hall–Kier alpha value is -1.10. The highest BCUT2D eigenvalue weighted by molar-refractivity contribution is 5.45. The first-order valence-corrected chi connectivity index (χ1v) is 5.95. The van der Waals surface area contributed by atoms with Crippen molar-refractivity contribution in [3.63, 3.8) is 0 Å². The maximum Gasteiger partial charge on any atom is 0.0681 e. The summed E-state index contributed by atoms with van der Waals surface area (Å²) < 4.78 is 5.17. The maximum atomic E-state index is 8.96. The Balaban J connectivity index is 2.51. The summed E-state index contributed by atoms with van der Waals surface area (Å²) in [5.41, 5.74) is 7.47. The van der Waals surface area contributed by atoms with E-state index in [1.165, 1.54) is 0 Å². The molecule has 0 saturated heterocycles. The van der Waals surface area contributed by atoms with E-state index in [2.05, 4.69) is 5.32 Å². The van der Waals surface area contributed by atoms with E-state index in [-0.39, 0.29) is 12.6 Å². The summed E-state index contributed by atoms with van der Waals surface area (Å²) in [5.74, 6) is 0. The van der Waals surface area contributed by atoms with Crippen LogP contribution in [0, 0.1) is 0 Å². The lowest BCUT2D eigenvalue weighted by molar-refractivity contribution is 0.182. The number of aliphatic hydroxyl groups is 1. The minimum Gasteiger partial charge on any atom is -0.392 e. The number of aliphatic hydroxyl groups excluding tert-OH is 1. The second kappa shape index (κ2) is 8.06. The van der Waals surface area contributed by atoms with E-state index >= 15 is 0 Å². The molecule has 0 amide bonds. The van der Waals surface area contributed by atoms with Gasteiger partial charge in [0.2, 0.25) is 0 Å². The molecule has 96 valence electrons. The smallest absolute Gasteiger partial charge is 0.0681 e. The Labute approximate surface area is 103 Å². The van der Waals surface area contributed by atoms with Crippen LogP contribution >= 0.6 is 0 Å². The molecule has 17 heavy (non-hydrogen) atoms. The van der Waals surface area contributed by atoms with Crippen LogP contribution in [-0.4, -0.2) is 31.4 Å². The van der Waals surface area contributed by atoms with Crippen LogP contribution in [0.15, 0.2) is 24.3 Å². The predicted octanol–water partition coefficient (Wildman–Crippen LogP) is 1.34. The van der Waals surface area contributed by atoms with E-state index in [1.807, 2.05) is 24.3 Å². The highest BCUT2D eigenvalue weighted by atomic mass is 16.5. The van der Waals surface area contributed by atoms with Crippen molar-refractivity contribution in [2.24, 2.45) is 5.73 Å². The normalized spacial score (nSPS) is 12.4. The average molecular weight is 238 g/mol. The molecule has 1 atom stereocenters. The predicted molar refractivity (Wildman–Crippen MR) is 69.9 cm³/mol. The van der Waals surface area contributed by atoms with Gasteiger partial charge in [-0.1, -0.05) is 12.1 Å². The number of nitrogens with two attached hydrogens (primary N) is 1. The van der Waals surface area contributed by atoms with E-state index in [1.54, 1.807) is 7.11 Å². The van der Waals surface area contributed by atoms with Crippen molar-refractivity contribution >= 4 is 5.69 Å². The van der Waals surface area contributed by atoms with Gasteiger partial charge in [-0.05, 0) is 37.1 Å². The molecule has 0 saturated carbocycles. The molecule has 4 heteroatoms. The molecule has 0 fully saturated rings. The zero-order chi connectivity index (χ0) is 12.5. The van der Waals surface area contributed by atoms with Gasteiger partial charge >= 0.3 is 0 Å². The molecular weight excluding hydrogens is 216 g/mol. The summed E-state index contributed by atoms with van der Waals surface area (Å²) in [4.78, 5) is 0. The Kier molecular flexibility index (Phi) is 6.62. The number of ether oxygens (including phenoxy) is 1. The SMILES string of the molecule is COCC(CCCN)Nc1ccc(CO)cc1. The van der Waals surface area contributed by atoms with Gasteiger partial charge in [-0.2, -0.15) is 0 Å². The first kappa shape index (κ1) is 14.0. The van der Waals surface area contributed by atoms with Gasteiger partial charge in [0.1, 0.15) is 0 Å². The lowest BCUT2D eigenvalue weighted by Gasteiger charge is -2.19. The molecule has 4 nitrogen and oxygen atoms in total. The molecule has 0 aromatic heterocycles. The number of benzene rings is 1. The van der Waals surface area contributed by atoms with Gasteiger partial charge < -0.3 is 20.9 Å². The molecular formula is C13H22N2O2. The van der Waals surface area contributed by atoms with E-state index in [0.717, 1.165) is 24.1 Å². The van der Waals surface area contributed by atoms with Gasteiger partial charge in [0.15, 0.2) is 0 Å². The molecule has 0 aliphatic rings. The fourth-order valence-electron chi connectivity index (χ4n) is 1.70. The Morgan fingerprint density at radius 1 is 1.35 bits per heavy atom. The Morgan fingerprint density at radius 3 is 2.59 bits per heavy atom. The van der Waals surface area contributed by atoms with E-state index in [9.17, 15) is 0 Å². The number of methoxy groups -OCH3 is 1. The average Bonchev–Trinajstić information content (AvgIpc) is 2.37. The van der Waals surface area contributed by atoms with Crippen LogP contribution in [0.1, 0.15) is 18.4 Å². The summed E-state index contributed by atoms with van der Waals surface area (Å²) in [6.45, 7) is 1.45. The van der Waals surface area contributed by atoms with Gasteiger partial charge in [-0.25, -0.2) is 0 Å². The second-order valence-corrected chi connectivity index (χ2v) is 4.08. The topological polar surface area (TPSA) is 67.5 Å². The Morgan fingerprint density at radius 2 is 2.06 bits per heavy atom. The standard InChI is InChI=1S/C13H22N2O2/c1-17-10-13(3-2-8-14)15-12-6-4-11(9-16)5-7-12/h4-7,13,15-16H,2-3,8-10,14H2,1H3. The lowest BCUT2D eigenvalue weighted by atomic mass is 10.1. The summed E-state index contributed by atoms with van der Waals surface area (Å²) in [7, 11) is 1.70. The first-order valence-electron chi connectivity index (χ1n) is 5.95. The third-order valence-corrected chi connectivity index (χ3v) is 2.63. The van der Waals surface area contributed by atoms with Crippen molar-refractivity contribution in [3.05, 3.63) is 29.8 Å². The van der Waals surface area contributed by atoms with Crippen LogP contribution in [-0.2, 0) is 11.3 Å². The molecule has 0 aliphatic carbocycles. The largest absolute Gasteiger partial charge is 0.392 e. The molecule has 0 aliphatic heterocycles. The van der Waals surface area contributed by atoms with Crippen LogP contribution in [0.5, 0.6) is 0 Å². The number of hydrogen-bond acceptors (Lipinski definition) is 4. The number of anilines is 1. The number of nitrogens with one attached hydrogen (secondary N) is 1. The molecule has 4 N–H and O–H groups in total. The quantitative estimate of drug-likeness (QED) is 0.639. The number of hydrogen-bond donors (Lipinski definition) is 3. The fourth-order valence-corrected chi connectivity index (χ4v) is 1.70. The summed E-state index contributed by atoms with van der Waals surface area (Å²) in [6, 6.07) is 8.04. The maximum absolute atomic E-state index is 8.96. The van der Waals surface area contributed by atoms with Crippen LogP contribution < -0.4 is 11.1 Å². The van der Waals surface area contributed by atoms with Crippen molar-refractivity contribution < 1.29 is 9.84 Å². The molecule has 1 aromatic carbocycles. The van der Waals surface area contributed by atoms with Crippen LogP contribution in [0.25, 0.3) is 0 Å². The van der Waals surface area contributed by atoms with Gasteiger partial charge in [0, 0.05) is 18.8 Å². The van der Waals surface area contributed by atoms with Gasteiger partial charge in [-0.15, -0.1) is 0 Å². The Bertz CT molecular complexity index is 301. The lowest BCUT2D eigenvalue weighted by Crippen LogP contribution is -2.25. The molecule has 0 spiro atoms. The summed E-state index contributed by atoms with van der Waals surface area (Å²) in [5, 5.41) is 12.4. The molecule has 0 heterocycles. The van der Waals surface area contributed by atoms with Crippen LogP contribution in [0.4, 0.5) is 5.69 Å². The highest BCUT2D eigenvalue weighted by Crippen LogP contribution is 2.12. The summed E-state index contributed by atoms with van der Waals surface area (Å²) >= 11 is 0. The van der Waals surface area contributed by atoms with Crippen LogP contribution in [0.3, 0.4) is 0 Å². The van der Waals surface area contributed by atoms with Crippen molar-refractivity contribution in [2.45, 2.75) is 25.5 Å². The first-order chi connectivity index (χ1) is 8.30. The molecule has 0 bridgehead atoms. The third-order valence-electron chi connectivity index (χ3n) is 2.63. The molecule has 1 rings (SSSR count). The van der Waals surface area contributed by atoms with Crippen molar-refractivity contribution in [3.8, 4) is 0 Å². The van der Waals surface area contributed by atoms with Crippen molar-refractivity contribution in [2.75, 3.05) is 25.6 Å². The van der Waals surface area contributed by atoms with Crippen molar-refractivity contribution in [1.29, 1.82) is 0 Å². The highest BCUT2D eigenvalue weighted by Gasteiger charge is 2.07. The van der Waals surface area contributed by atoms with Gasteiger partial charge in [0.25, 0.3) is 0 Å². The summed E-state index contributed by atoms with van der Waals surface area (Å²) in [6.07, 6.45) is 1.97. The monoisotopic (exact) mass is 238 g/mol. The third kappa shape index (κ3) is 5.17. The zero-order valence-electron chi connectivity index (χ0n) is 10.4. The zero-order valence-corrected chi connectivity index (χ0v) is 10.4. The van der Waals surface area contributed by atoms with Gasteiger partial charge in [-0.3, -0.25) is 0 Å². The molecule has 0 radical (unpaired) electrons. The molecule has 1 unspecified atom stereocenters. The van der Waals surface area contributed by atoms with Crippen molar-refractivity contribution in [1.82, 2.24) is 0 Å². The number of rotatable bonds is 8. The van der Waals surface area contributed by atoms with Crippen LogP contribution in [0.2, 0.25) is 0 Å². The van der Waals surface area contributed by atoms with E-state index in [4.69, 9.17) is 15.6 Å². The minimum absolute atomic E-state index is 0.0783. The van der Waals surface area contributed by atoms with E-state index < -0.39 is 0 Å².